The molecule has 1 amide bonds. The molecule has 19 heavy (non-hydrogen) atoms. The van der Waals surface area contributed by atoms with Crippen LogP contribution in [0.5, 0.6) is 0 Å². The summed E-state index contributed by atoms with van der Waals surface area (Å²) >= 11 is 5.52. The third-order valence-corrected chi connectivity index (χ3v) is 2.30. The van der Waals surface area contributed by atoms with Crippen LogP contribution in [-0.4, -0.2) is 16.5 Å². The van der Waals surface area contributed by atoms with Gasteiger partial charge in [-0.05, 0) is 12.1 Å². The number of anilines is 1. The predicted octanol–water partition coefficient (Wildman–Crippen LogP) is 1.74. The van der Waals surface area contributed by atoms with Crippen molar-refractivity contribution in [3.63, 3.8) is 0 Å². The number of quaternary nitrogens is 1. The molecule has 1 unspecified atom stereocenters. The van der Waals surface area contributed by atoms with Crippen molar-refractivity contribution in [3.05, 3.63) is 29.2 Å². The van der Waals surface area contributed by atoms with Crippen molar-refractivity contribution in [1.82, 2.24) is 0 Å². The van der Waals surface area contributed by atoms with Gasteiger partial charge in [0, 0.05) is 12.5 Å². The molecule has 9 heteroatoms. The summed E-state index contributed by atoms with van der Waals surface area (Å²) in [5.41, 5.74) is -0.500. The van der Waals surface area contributed by atoms with Gasteiger partial charge in [0.05, 0.1) is 5.69 Å². The Morgan fingerprint density at radius 2 is 2.37 bits per heavy atom. The molecule has 1 rings (SSSR count). The van der Waals surface area contributed by atoms with E-state index in [-0.39, 0.29) is 10.9 Å². The molecule has 104 valence electrons. The SMILES string of the molecule is CC/C(Cl)=N\OC(=O)Nc1ccc(F)c([NH+]([O-])O)c1. The summed E-state index contributed by atoms with van der Waals surface area (Å²) in [6.45, 7) is 1.71. The van der Waals surface area contributed by atoms with E-state index in [0.29, 0.717) is 6.42 Å². The summed E-state index contributed by atoms with van der Waals surface area (Å²) in [6, 6.07) is 3.07. The zero-order chi connectivity index (χ0) is 14.4. The molecule has 7 nitrogen and oxygen atoms in total. The Hall–Kier alpha value is -1.74. The number of carbonyl (C=O) groups is 1. The van der Waals surface area contributed by atoms with Crippen LogP contribution in [-0.2, 0) is 4.84 Å². The second-order valence-electron chi connectivity index (χ2n) is 3.32. The van der Waals surface area contributed by atoms with Crippen molar-refractivity contribution in [3.8, 4) is 0 Å². The van der Waals surface area contributed by atoms with Crippen LogP contribution in [0.25, 0.3) is 0 Å². The molecule has 0 aliphatic rings. The minimum Gasteiger partial charge on any atom is -0.595 e. The van der Waals surface area contributed by atoms with Crippen molar-refractivity contribution < 1.29 is 24.5 Å². The van der Waals surface area contributed by atoms with Crippen LogP contribution in [0.2, 0.25) is 0 Å². The molecule has 1 atom stereocenters. The Kier molecular flexibility index (Phi) is 5.64. The van der Waals surface area contributed by atoms with Crippen molar-refractivity contribution >= 4 is 34.2 Å². The van der Waals surface area contributed by atoms with Crippen LogP contribution < -0.4 is 10.5 Å². The molecular weight excluding hydrogens is 281 g/mol. The average molecular weight is 292 g/mol. The lowest BCUT2D eigenvalue weighted by Crippen LogP contribution is -2.99. The standard InChI is InChI=1S/C10H11ClFN3O4/c1-2-9(11)14-19-10(16)13-6-3-4-7(12)8(5-6)15(17)18/h3-5,15,17H,2H2,1H3,(H,13,16)/b14-9+. The zero-order valence-corrected chi connectivity index (χ0v) is 10.6. The summed E-state index contributed by atoms with van der Waals surface area (Å²) in [5.74, 6) is -0.904. The van der Waals surface area contributed by atoms with Gasteiger partial charge in [0.2, 0.25) is 5.69 Å². The van der Waals surface area contributed by atoms with Gasteiger partial charge in [-0.3, -0.25) is 10.2 Å². The number of oxime groups is 1. The maximum atomic E-state index is 13.1. The lowest BCUT2D eigenvalue weighted by Gasteiger charge is -2.13. The number of hydrogen-bond acceptors (Lipinski definition) is 5. The Bertz CT molecular complexity index is 496. The number of hydrogen-bond donors (Lipinski definition) is 3. The minimum absolute atomic E-state index is 0.0617. The maximum absolute atomic E-state index is 13.1. The summed E-state index contributed by atoms with van der Waals surface area (Å²) < 4.78 is 13.1. The third kappa shape index (κ3) is 4.79. The Morgan fingerprint density at radius 1 is 1.68 bits per heavy atom. The summed E-state index contributed by atoms with van der Waals surface area (Å²) in [5, 5.41) is 23.5. The van der Waals surface area contributed by atoms with Crippen LogP contribution in [0.1, 0.15) is 13.3 Å². The van der Waals surface area contributed by atoms with Crippen LogP contribution in [0.15, 0.2) is 23.4 Å². The summed E-state index contributed by atoms with van der Waals surface area (Å²) in [7, 11) is 0. The first-order valence-corrected chi connectivity index (χ1v) is 5.55. The highest BCUT2D eigenvalue weighted by molar-refractivity contribution is 6.65. The molecule has 3 N–H and O–H groups in total. The van der Waals surface area contributed by atoms with Gasteiger partial charge in [0.1, 0.15) is 5.17 Å². The minimum atomic E-state index is -1.44. The molecule has 0 radical (unpaired) electrons. The number of nitrogens with one attached hydrogen (secondary N) is 2. The van der Waals surface area contributed by atoms with E-state index in [1.54, 1.807) is 6.92 Å². The van der Waals surface area contributed by atoms with Gasteiger partial charge in [0.15, 0.2) is 5.82 Å². The molecule has 0 saturated carbocycles. The van der Waals surface area contributed by atoms with E-state index in [9.17, 15) is 14.4 Å². The van der Waals surface area contributed by atoms with E-state index in [0.717, 1.165) is 12.1 Å². The summed E-state index contributed by atoms with van der Waals surface area (Å²) in [4.78, 5) is 15.7. The molecule has 0 heterocycles. The van der Waals surface area contributed by atoms with Gasteiger partial charge < -0.3 is 5.21 Å². The number of nitrogens with zero attached hydrogens (tertiary/aromatic N) is 1. The second-order valence-corrected chi connectivity index (χ2v) is 3.76. The molecule has 0 aromatic heterocycles. The van der Waals surface area contributed by atoms with E-state index < -0.39 is 22.8 Å². The number of carbonyl (C=O) groups excluding carboxylic acids is 1. The Balaban J connectivity index is 2.72. The third-order valence-electron chi connectivity index (χ3n) is 1.96. The van der Waals surface area contributed by atoms with Crippen LogP contribution >= 0.6 is 11.6 Å². The molecule has 0 saturated heterocycles. The summed E-state index contributed by atoms with van der Waals surface area (Å²) in [6.07, 6.45) is -0.566. The first kappa shape index (κ1) is 15.3. The maximum Gasteiger partial charge on any atom is 0.437 e. The second kappa shape index (κ2) is 7.00. The molecule has 1 aromatic carbocycles. The number of halogens is 2. The van der Waals surface area contributed by atoms with Gasteiger partial charge in [-0.2, -0.15) is 5.23 Å². The smallest absolute Gasteiger partial charge is 0.437 e. The molecular formula is C10H11ClFN3O4. The van der Waals surface area contributed by atoms with Crippen LogP contribution in [0.4, 0.5) is 20.6 Å². The van der Waals surface area contributed by atoms with E-state index in [1.807, 2.05) is 0 Å². The highest BCUT2D eigenvalue weighted by Crippen LogP contribution is 2.16. The van der Waals surface area contributed by atoms with Gasteiger partial charge in [-0.25, -0.2) is 14.4 Å². The van der Waals surface area contributed by atoms with Crippen molar-refractivity contribution in [2.75, 3.05) is 5.32 Å². The Morgan fingerprint density at radius 3 is 2.95 bits per heavy atom. The molecule has 1 aromatic rings. The van der Waals surface area contributed by atoms with Crippen LogP contribution in [0, 0.1) is 11.0 Å². The molecule has 0 spiro atoms. The highest BCUT2D eigenvalue weighted by Gasteiger charge is 2.12. The quantitative estimate of drug-likeness (QED) is 0.447. The van der Waals surface area contributed by atoms with E-state index in [4.69, 9.17) is 16.8 Å². The van der Waals surface area contributed by atoms with Crippen LogP contribution in [0.3, 0.4) is 0 Å². The fraction of sp³-hybridized carbons (Fsp3) is 0.200. The molecule has 0 fully saturated rings. The highest BCUT2D eigenvalue weighted by atomic mass is 35.5. The molecule has 0 aliphatic carbocycles. The van der Waals surface area contributed by atoms with E-state index in [1.165, 1.54) is 6.07 Å². The van der Waals surface area contributed by atoms with Gasteiger partial charge in [0.25, 0.3) is 0 Å². The average Bonchev–Trinajstić information content (AvgIpc) is 2.37. The monoisotopic (exact) mass is 291 g/mol. The lowest BCUT2D eigenvalue weighted by atomic mass is 10.2. The topological polar surface area (TPSA) is 98.4 Å². The molecule has 0 bridgehead atoms. The fourth-order valence-electron chi connectivity index (χ4n) is 1.06. The normalized spacial score (nSPS) is 13.0. The molecule has 0 aliphatic heterocycles. The van der Waals surface area contributed by atoms with Crippen molar-refractivity contribution in [2.24, 2.45) is 5.16 Å². The lowest BCUT2D eigenvalue weighted by molar-refractivity contribution is -0.992. The van der Waals surface area contributed by atoms with Gasteiger partial charge in [-0.1, -0.05) is 23.7 Å². The van der Waals surface area contributed by atoms with Crippen molar-refractivity contribution in [1.29, 1.82) is 0 Å². The van der Waals surface area contributed by atoms with Gasteiger partial charge in [-0.15, -0.1) is 0 Å². The van der Waals surface area contributed by atoms with Gasteiger partial charge >= 0.3 is 6.09 Å². The number of rotatable bonds is 4. The largest absolute Gasteiger partial charge is 0.595 e. The zero-order valence-electron chi connectivity index (χ0n) is 9.81. The fourth-order valence-corrected chi connectivity index (χ4v) is 1.10. The van der Waals surface area contributed by atoms with E-state index in [2.05, 4.69) is 15.3 Å². The predicted molar refractivity (Wildman–Crippen MR) is 65.9 cm³/mol. The first-order valence-electron chi connectivity index (χ1n) is 5.17. The Labute approximate surface area is 112 Å². The number of amides is 1. The first-order chi connectivity index (χ1) is 8.93. The van der Waals surface area contributed by atoms with E-state index >= 15 is 0 Å². The number of benzene rings is 1. The van der Waals surface area contributed by atoms with Crippen molar-refractivity contribution in [2.45, 2.75) is 13.3 Å².